The fourth-order valence-electron chi connectivity index (χ4n) is 3.17. The van der Waals surface area contributed by atoms with Gasteiger partial charge in [0.25, 0.3) is 0 Å². The maximum Gasteiger partial charge on any atom is 0.223 e. The Morgan fingerprint density at radius 3 is 2.44 bits per heavy atom. The minimum atomic E-state index is 0.119. The van der Waals surface area contributed by atoms with Crippen LogP contribution < -0.4 is 0 Å². The number of likely N-dealkylation sites (tertiary alicyclic amines) is 1. The lowest BCUT2D eigenvalue weighted by Gasteiger charge is -2.38. The summed E-state index contributed by atoms with van der Waals surface area (Å²) in [4.78, 5) is 14.2. The first-order chi connectivity index (χ1) is 7.65. The lowest BCUT2D eigenvalue weighted by Crippen LogP contribution is -2.47. The van der Waals surface area contributed by atoms with Crippen LogP contribution >= 0.6 is 11.6 Å². The van der Waals surface area contributed by atoms with Gasteiger partial charge in [0.2, 0.25) is 5.91 Å². The van der Waals surface area contributed by atoms with Crippen LogP contribution in [0.25, 0.3) is 0 Å². The van der Waals surface area contributed by atoms with E-state index in [1.807, 2.05) is 0 Å². The fraction of sp³-hybridized carbons (Fsp3) is 0.923. The van der Waals surface area contributed by atoms with Crippen molar-refractivity contribution in [2.45, 2.75) is 57.4 Å². The van der Waals surface area contributed by atoms with Gasteiger partial charge in [0.1, 0.15) is 0 Å². The van der Waals surface area contributed by atoms with Crippen LogP contribution in [0.4, 0.5) is 0 Å². The quantitative estimate of drug-likeness (QED) is 0.539. The summed E-state index contributed by atoms with van der Waals surface area (Å²) < 4.78 is 0. The largest absolute Gasteiger partial charge is 0.337 e. The Hall–Kier alpha value is -0.240. The first-order valence-corrected chi connectivity index (χ1v) is 7.05. The molecule has 0 spiro atoms. The van der Waals surface area contributed by atoms with E-state index in [1.54, 1.807) is 0 Å². The van der Waals surface area contributed by atoms with Gasteiger partial charge >= 0.3 is 0 Å². The monoisotopic (exact) mass is 243 g/mol. The van der Waals surface area contributed by atoms with Crippen LogP contribution in [0.5, 0.6) is 0 Å². The molecule has 0 bridgehead atoms. The second kappa shape index (κ2) is 4.95. The number of carbonyl (C=O) groups is 1. The highest BCUT2D eigenvalue weighted by Crippen LogP contribution is 2.36. The van der Waals surface area contributed by atoms with Gasteiger partial charge in [-0.05, 0) is 25.7 Å². The van der Waals surface area contributed by atoms with E-state index in [4.69, 9.17) is 11.6 Å². The van der Waals surface area contributed by atoms with Gasteiger partial charge in [-0.1, -0.05) is 25.7 Å². The predicted octanol–water partition coefficient (Wildman–Crippen LogP) is 3.19. The van der Waals surface area contributed by atoms with E-state index in [0.717, 1.165) is 6.54 Å². The minimum Gasteiger partial charge on any atom is -0.337 e. The number of hydrogen-bond acceptors (Lipinski definition) is 1. The van der Waals surface area contributed by atoms with Crippen molar-refractivity contribution in [1.82, 2.24) is 4.90 Å². The minimum absolute atomic E-state index is 0.119. The fourth-order valence-corrected chi connectivity index (χ4v) is 3.37. The van der Waals surface area contributed by atoms with Gasteiger partial charge in [-0.3, -0.25) is 4.79 Å². The molecule has 2 aliphatic rings. The second-order valence-electron chi connectivity index (χ2n) is 5.64. The van der Waals surface area contributed by atoms with Gasteiger partial charge < -0.3 is 4.90 Å². The Balaban J connectivity index is 2.07. The van der Waals surface area contributed by atoms with Crippen molar-refractivity contribution < 1.29 is 4.79 Å². The maximum atomic E-state index is 12.0. The number of halogens is 1. The molecule has 0 aromatic carbocycles. The van der Waals surface area contributed by atoms with Crippen LogP contribution in [0.3, 0.4) is 0 Å². The Labute approximate surface area is 103 Å². The molecule has 1 saturated carbocycles. The van der Waals surface area contributed by atoms with E-state index in [0.29, 0.717) is 24.1 Å². The second-order valence-corrected chi connectivity index (χ2v) is 5.95. The molecule has 16 heavy (non-hydrogen) atoms. The molecule has 1 aliphatic heterocycles. The van der Waals surface area contributed by atoms with E-state index < -0.39 is 0 Å². The molecule has 0 N–H and O–H groups in total. The lowest BCUT2D eigenvalue weighted by atomic mass is 9.90. The number of hydrogen-bond donors (Lipinski definition) is 0. The summed E-state index contributed by atoms with van der Waals surface area (Å²) in [6.45, 7) is 3.16. The first kappa shape index (κ1) is 12.2. The van der Waals surface area contributed by atoms with Gasteiger partial charge in [0.05, 0.1) is 0 Å². The van der Waals surface area contributed by atoms with Gasteiger partial charge in [0, 0.05) is 24.4 Å². The molecule has 1 amide bonds. The van der Waals surface area contributed by atoms with Crippen molar-refractivity contribution >= 4 is 17.5 Å². The first-order valence-electron chi connectivity index (χ1n) is 6.52. The van der Waals surface area contributed by atoms with Gasteiger partial charge in [0.15, 0.2) is 0 Å². The average Bonchev–Trinajstić information content (AvgIpc) is 2.51. The maximum absolute atomic E-state index is 12.0. The topological polar surface area (TPSA) is 20.3 Å². The molecule has 3 heteroatoms. The molecule has 1 heterocycles. The van der Waals surface area contributed by atoms with Crippen LogP contribution in [0.15, 0.2) is 0 Å². The van der Waals surface area contributed by atoms with Crippen LogP contribution in [0.1, 0.15) is 51.9 Å². The van der Waals surface area contributed by atoms with E-state index in [-0.39, 0.29) is 5.54 Å². The van der Waals surface area contributed by atoms with Crippen molar-refractivity contribution in [2.24, 2.45) is 5.92 Å². The molecular weight excluding hydrogens is 222 g/mol. The van der Waals surface area contributed by atoms with Crippen molar-refractivity contribution in [3.8, 4) is 0 Å². The zero-order chi connectivity index (χ0) is 11.6. The molecular formula is C13H22ClNO. The van der Waals surface area contributed by atoms with E-state index in [9.17, 15) is 4.79 Å². The lowest BCUT2D eigenvalue weighted by molar-refractivity contribution is -0.133. The molecule has 1 aliphatic carbocycles. The molecule has 2 fully saturated rings. The molecule has 0 aromatic rings. The van der Waals surface area contributed by atoms with Crippen molar-refractivity contribution in [3.05, 3.63) is 0 Å². The summed E-state index contributed by atoms with van der Waals surface area (Å²) in [5, 5.41) is 0. The summed E-state index contributed by atoms with van der Waals surface area (Å²) in [6.07, 6.45) is 8.21. The number of amides is 1. The molecule has 2 rings (SSSR count). The Bertz CT molecular complexity index is 259. The van der Waals surface area contributed by atoms with Crippen molar-refractivity contribution in [1.29, 1.82) is 0 Å². The summed E-state index contributed by atoms with van der Waals surface area (Å²) in [5.41, 5.74) is 0.119. The number of nitrogens with zero attached hydrogens (tertiary/aromatic N) is 1. The highest BCUT2D eigenvalue weighted by Gasteiger charge is 2.40. The normalized spacial score (nSPS) is 30.5. The smallest absolute Gasteiger partial charge is 0.223 e. The average molecular weight is 244 g/mol. The van der Waals surface area contributed by atoms with Crippen LogP contribution in [0.2, 0.25) is 0 Å². The molecule has 2 nitrogen and oxygen atoms in total. The van der Waals surface area contributed by atoms with Crippen molar-refractivity contribution in [2.75, 3.05) is 12.4 Å². The zero-order valence-electron chi connectivity index (χ0n) is 10.2. The Morgan fingerprint density at radius 2 is 1.94 bits per heavy atom. The highest BCUT2D eigenvalue weighted by atomic mass is 35.5. The molecule has 92 valence electrons. The summed E-state index contributed by atoms with van der Waals surface area (Å²) in [7, 11) is 0. The summed E-state index contributed by atoms with van der Waals surface area (Å²) in [5.74, 6) is 1.34. The predicted molar refractivity (Wildman–Crippen MR) is 66.6 cm³/mol. The van der Waals surface area contributed by atoms with Gasteiger partial charge in [-0.2, -0.15) is 0 Å². The summed E-state index contributed by atoms with van der Waals surface area (Å²) in [6, 6.07) is 0. The van der Waals surface area contributed by atoms with E-state index in [1.165, 1.54) is 38.5 Å². The van der Waals surface area contributed by atoms with E-state index in [2.05, 4.69) is 11.8 Å². The molecule has 0 aromatic heterocycles. The molecule has 0 radical (unpaired) electrons. The molecule has 1 unspecified atom stereocenters. The van der Waals surface area contributed by atoms with Crippen molar-refractivity contribution in [3.63, 3.8) is 0 Å². The highest BCUT2D eigenvalue weighted by molar-refractivity contribution is 6.18. The molecule has 1 atom stereocenters. The van der Waals surface area contributed by atoms with E-state index >= 15 is 0 Å². The van der Waals surface area contributed by atoms with Crippen LogP contribution in [-0.4, -0.2) is 28.8 Å². The van der Waals surface area contributed by atoms with Crippen LogP contribution in [-0.2, 0) is 4.79 Å². The van der Waals surface area contributed by atoms with Crippen LogP contribution in [0, 0.1) is 5.92 Å². The standard InChI is InChI=1S/C13H22ClNO/c1-13(6-4-2-3-5-7-13)15-10-11(9-14)8-12(15)16/h11H,2-10H2,1H3. The molecule has 1 saturated heterocycles. The Morgan fingerprint density at radius 1 is 1.31 bits per heavy atom. The zero-order valence-corrected chi connectivity index (χ0v) is 10.9. The van der Waals surface area contributed by atoms with Gasteiger partial charge in [-0.25, -0.2) is 0 Å². The number of alkyl halides is 1. The summed E-state index contributed by atoms with van der Waals surface area (Å²) >= 11 is 5.88. The SMILES string of the molecule is CC1(N2CC(CCl)CC2=O)CCCCCC1. The van der Waals surface area contributed by atoms with Gasteiger partial charge in [-0.15, -0.1) is 11.6 Å². The Kier molecular flexibility index (Phi) is 3.78. The third-order valence-electron chi connectivity index (χ3n) is 4.26. The third-order valence-corrected chi connectivity index (χ3v) is 4.69. The number of rotatable bonds is 2. The third kappa shape index (κ3) is 2.37. The number of carbonyl (C=O) groups excluding carboxylic acids is 1.